The van der Waals surface area contributed by atoms with E-state index in [1.165, 1.54) is 47.8 Å². The Morgan fingerprint density at radius 1 is 0.453 bits per heavy atom. The lowest BCUT2D eigenvalue weighted by Crippen LogP contribution is -2.15. The van der Waals surface area contributed by atoms with E-state index < -0.39 is 0 Å². The summed E-state index contributed by atoms with van der Waals surface area (Å²) in [6.07, 6.45) is 0. The van der Waals surface area contributed by atoms with Crippen LogP contribution in [0.4, 0.5) is 0 Å². The molecule has 0 atom stereocenters. The van der Waals surface area contributed by atoms with Crippen LogP contribution >= 0.6 is 11.3 Å². The lowest BCUT2D eigenvalue weighted by atomic mass is 9.81. The third kappa shape index (κ3) is 4.64. The zero-order chi connectivity index (χ0) is 35.3. The van der Waals surface area contributed by atoms with Crippen molar-refractivity contribution in [2.24, 2.45) is 0 Å². The summed E-state index contributed by atoms with van der Waals surface area (Å²) in [6, 6.07) is 53.5. The molecule has 0 bridgehead atoms. The molecule has 0 unspecified atom stereocenters. The quantitative estimate of drug-likeness (QED) is 0.184. The Hall–Kier alpha value is -6.43. The number of hydrogen-bond donors (Lipinski definition) is 0. The fraction of sp³-hybridized carbons (Fsp3) is 0.0625. The summed E-state index contributed by atoms with van der Waals surface area (Å²) in [7, 11) is 0. The van der Waals surface area contributed by atoms with Gasteiger partial charge in [0.05, 0.1) is 0 Å². The van der Waals surface area contributed by atoms with E-state index in [-0.39, 0.29) is 5.41 Å². The van der Waals surface area contributed by atoms with Gasteiger partial charge in [-0.3, -0.25) is 0 Å². The highest BCUT2D eigenvalue weighted by atomic mass is 32.1. The number of hydrogen-bond acceptors (Lipinski definition) is 5. The molecule has 1 aliphatic rings. The summed E-state index contributed by atoms with van der Waals surface area (Å²) in [5.41, 5.74) is 11.9. The zero-order valence-electron chi connectivity index (χ0n) is 29.1. The van der Waals surface area contributed by atoms with Crippen LogP contribution in [0.1, 0.15) is 25.0 Å². The van der Waals surface area contributed by atoms with Gasteiger partial charge >= 0.3 is 0 Å². The predicted octanol–water partition coefficient (Wildman–Crippen LogP) is 13.1. The summed E-state index contributed by atoms with van der Waals surface area (Å²) in [4.78, 5) is 15.2. The van der Waals surface area contributed by atoms with E-state index in [4.69, 9.17) is 19.4 Å². The maximum atomic E-state index is 6.54. The van der Waals surface area contributed by atoms with Crippen molar-refractivity contribution in [2.45, 2.75) is 19.3 Å². The van der Waals surface area contributed by atoms with Crippen LogP contribution in [0.3, 0.4) is 0 Å². The SMILES string of the molecule is CC1(C)c2cc(-c3cccc(-c4nc(-c5ccccc5)nc(-c5ccc6sc7ccccc7c6c5)n4)c3)ccc2-c2ccc3c(oc4ccccc43)c21. The van der Waals surface area contributed by atoms with Gasteiger partial charge in [0.1, 0.15) is 11.2 Å². The van der Waals surface area contributed by atoms with Gasteiger partial charge in [-0.05, 0) is 76.3 Å². The molecule has 0 aliphatic heterocycles. The summed E-state index contributed by atoms with van der Waals surface area (Å²) in [5, 5.41) is 4.80. The van der Waals surface area contributed by atoms with Crippen molar-refractivity contribution in [1.82, 2.24) is 15.0 Å². The number of rotatable bonds is 4. The van der Waals surface area contributed by atoms with Gasteiger partial charge in [0.2, 0.25) is 0 Å². The Balaban J connectivity index is 1.02. The third-order valence-electron chi connectivity index (χ3n) is 10.9. The highest BCUT2D eigenvalue weighted by Gasteiger charge is 2.38. The number of thiophene rings is 1. The molecule has 3 heterocycles. The first kappa shape index (κ1) is 30.2. The van der Waals surface area contributed by atoms with Gasteiger partial charge in [-0.1, -0.05) is 117 Å². The molecule has 53 heavy (non-hydrogen) atoms. The van der Waals surface area contributed by atoms with E-state index in [0.29, 0.717) is 17.5 Å². The van der Waals surface area contributed by atoms with Crippen LogP contribution in [-0.4, -0.2) is 15.0 Å². The molecule has 4 nitrogen and oxygen atoms in total. The number of fused-ring (bicyclic) bond motifs is 10. The maximum absolute atomic E-state index is 6.54. The molecule has 5 heteroatoms. The molecule has 0 fully saturated rings. The van der Waals surface area contributed by atoms with E-state index in [2.05, 4.69) is 141 Å². The van der Waals surface area contributed by atoms with E-state index >= 15 is 0 Å². The smallest absolute Gasteiger partial charge is 0.164 e. The van der Waals surface area contributed by atoms with Crippen molar-refractivity contribution in [3.8, 4) is 56.4 Å². The summed E-state index contributed by atoms with van der Waals surface area (Å²) >= 11 is 1.81. The maximum Gasteiger partial charge on any atom is 0.164 e. The lowest BCUT2D eigenvalue weighted by molar-refractivity contribution is 0.620. The molecule has 0 saturated heterocycles. The van der Waals surface area contributed by atoms with Crippen molar-refractivity contribution in [3.63, 3.8) is 0 Å². The molecule has 0 spiro atoms. The second-order valence-electron chi connectivity index (χ2n) is 14.4. The second-order valence-corrected chi connectivity index (χ2v) is 15.5. The van der Waals surface area contributed by atoms with Gasteiger partial charge in [0.25, 0.3) is 0 Å². The minimum Gasteiger partial charge on any atom is -0.456 e. The van der Waals surface area contributed by atoms with E-state index in [0.717, 1.165) is 44.4 Å². The highest BCUT2D eigenvalue weighted by molar-refractivity contribution is 7.25. The largest absolute Gasteiger partial charge is 0.456 e. The van der Waals surface area contributed by atoms with Gasteiger partial charge in [-0.15, -0.1) is 11.3 Å². The van der Waals surface area contributed by atoms with Crippen LogP contribution in [0.2, 0.25) is 0 Å². The van der Waals surface area contributed by atoms with Crippen molar-refractivity contribution >= 4 is 53.4 Å². The topological polar surface area (TPSA) is 51.8 Å². The Morgan fingerprint density at radius 3 is 1.92 bits per heavy atom. The van der Waals surface area contributed by atoms with Crippen molar-refractivity contribution < 1.29 is 4.42 Å². The van der Waals surface area contributed by atoms with E-state index in [9.17, 15) is 0 Å². The number of benzene rings is 7. The van der Waals surface area contributed by atoms with Crippen LogP contribution in [0.15, 0.2) is 156 Å². The molecule has 0 radical (unpaired) electrons. The molecule has 0 amide bonds. The second kappa shape index (κ2) is 11.3. The minimum absolute atomic E-state index is 0.242. The zero-order valence-corrected chi connectivity index (χ0v) is 29.9. The summed E-state index contributed by atoms with van der Waals surface area (Å²) in [6.45, 7) is 4.64. The van der Waals surface area contributed by atoms with Gasteiger partial charge in [-0.25, -0.2) is 15.0 Å². The fourth-order valence-electron chi connectivity index (χ4n) is 8.30. The van der Waals surface area contributed by atoms with Gasteiger partial charge in [-0.2, -0.15) is 0 Å². The van der Waals surface area contributed by atoms with Crippen LogP contribution in [0, 0.1) is 0 Å². The Bertz CT molecular complexity index is 3100. The number of para-hydroxylation sites is 1. The Labute approximate surface area is 310 Å². The average molecular weight is 698 g/mol. The summed E-state index contributed by atoms with van der Waals surface area (Å²) < 4.78 is 9.07. The summed E-state index contributed by atoms with van der Waals surface area (Å²) in [5.74, 6) is 1.96. The number of aromatic nitrogens is 3. The number of nitrogens with zero attached hydrogens (tertiary/aromatic N) is 3. The molecule has 11 rings (SSSR count). The molecule has 1 aliphatic carbocycles. The van der Waals surface area contributed by atoms with E-state index in [1.807, 2.05) is 35.6 Å². The first-order valence-electron chi connectivity index (χ1n) is 17.9. The van der Waals surface area contributed by atoms with Gasteiger partial charge < -0.3 is 4.42 Å². The van der Waals surface area contributed by atoms with E-state index in [1.54, 1.807) is 0 Å². The average Bonchev–Trinajstić information content (AvgIpc) is 3.85. The number of furan rings is 1. The highest BCUT2D eigenvalue weighted by Crippen LogP contribution is 2.53. The molecular weight excluding hydrogens is 667 g/mol. The standard InChI is InChI=1S/C48H31N3OS/c1-48(2)39-27-30(19-21-33(39)36-22-23-37-34-15-6-8-17-40(34)52-44(37)43(36)48)29-13-10-14-31(25-29)46-49-45(28-11-4-3-5-12-28)50-47(51-46)32-20-24-42-38(26-32)35-16-7-9-18-41(35)53-42/h3-27H,1-2H3. The van der Waals surface area contributed by atoms with Crippen molar-refractivity contribution in [1.29, 1.82) is 0 Å². The molecular formula is C48H31N3OS. The fourth-order valence-corrected chi connectivity index (χ4v) is 9.38. The van der Waals surface area contributed by atoms with Gasteiger partial charge in [0.15, 0.2) is 17.5 Å². The first-order valence-corrected chi connectivity index (χ1v) is 18.7. The first-order chi connectivity index (χ1) is 26.0. The van der Waals surface area contributed by atoms with Crippen LogP contribution in [0.5, 0.6) is 0 Å². The molecule has 0 N–H and O–H groups in total. The molecule has 7 aromatic carbocycles. The Morgan fingerprint density at radius 2 is 1.08 bits per heavy atom. The Kier molecular flexibility index (Phi) is 6.43. The minimum atomic E-state index is -0.242. The van der Waals surface area contributed by atoms with Gasteiger partial charge in [0, 0.05) is 58.6 Å². The van der Waals surface area contributed by atoms with Crippen LogP contribution in [0.25, 0.3) is 98.5 Å². The normalized spacial score (nSPS) is 13.2. The van der Waals surface area contributed by atoms with Crippen LogP contribution < -0.4 is 0 Å². The predicted molar refractivity (Wildman–Crippen MR) is 219 cm³/mol. The monoisotopic (exact) mass is 697 g/mol. The third-order valence-corrected chi connectivity index (χ3v) is 12.1. The molecule has 250 valence electrons. The van der Waals surface area contributed by atoms with Crippen molar-refractivity contribution in [2.75, 3.05) is 0 Å². The molecule has 0 saturated carbocycles. The van der Waals surface area contributed by atoms with Crippen LogP contribution in [-0.2, 0) is 5.41 Å². The molecule has 10 aromatic rings. The van der Waals surface area contributed by atoms with Crippen molar-refractivity contribution in [3.05, 3.63) is 163 Å². The lowest BCUT2D eigenvalue weighted by Gasteiger charge is -2.22. The molecule has 3 aromatic heterocycles.